The molecule has 0 bridgehead atoms. The van der Waals surface area contributed by atoms with Crippen molar-refractivity contribution >= 4 is 17.2 Å². The monoisotopic (exact) mass is 408 g/mol. The van der Waals surface area contributed by atoms with Crippen LogP contribution in [-0.4, -0.2) is 44.6 Å². The molecular weight excluding hydrogens is 384 g/mol. The number of halogens is 1. The number of nitrogens with one attached hydrogen (secondary N) is 1. The van der Waals surface area contributed by atoms with Crippen LogP contribution >= 0.6 is 11.6 Å². The van der Waals surface area contributed by atoms with Gasteiger partial charge in [-0.1, -0.05) is 35.9 Å². The maximum absolute atomic E-state index is 11.0. The molecule has 1 aliphatic heterocycles. The lowest BCUT2D eigenvalue weighted by Gasteiger charge is -2.38. The summed E-state index contributed by atoms with van der Waals surface area (Å²) in [6.07, 6.45) is 11.8. The van der Waals surface area contributed by atoms with Crippen molar-refractivity contribution in [1.29, 1.82) is 0 Å². The van der Waals surface area contributed by atoms with Crippen LogP contribution in [0.15, 0.2) is 67.4 Å². The van der Waals surface area contributed by atoms with Crippen molar-refractivity contribution in [3.8, 4) is 0 Å². The van der Waals surface area contributed by atoms with E-state index >= 15 is 0 Å². The Bertz CT molecular complexity index is 931. The highest BCUT2D eigenvalue weighted by molar-refractivity contribution is 6.30. The summed E-state index contributed by atoms with van der Waals surface area (Å²) in [5, 5.41) is 11.7. The summed E-state index contributed by atoms with van der Waals surface area (Å²) >= 11 is 5.98. The number of piperidine rings is 1. The Morgan fingerprint density at radius 1 is 1.14 bits per heavy atom. The highest BCUT2D eigenvalue weighted by Gasteiger charge is 2.33. The molecule has 0 aliphatic carbocycles. The van der Waals surface area contributed by atoms with Gasteiger partial charge < -0.3 is 15.0 Å². The fourth-order valence-corrected chi connectivity index (χ4v) is 4.02. The summed E-state index contributed by atoms with van der Waals surface area (Å²) in [5.41, 5.74) is 3.39. The number of H-pyrrole nitrogens is 1. The number of hydrogen-bond donors (Lipinski definition) is 2. The van der Waals surface area contributed by atoms with Gasteiger partial charge in [0.2, 0.25) is 0 Å². The van der Waals surface area contributed by atoms with E-state index in [4.69, 9.17) is 11.6 Å². The zero-order chi connectivity index (χ0) is 20.1. The first-order valence-corrected chi connectivity index (χ1v) is 10.3. The highest BCUT2D eigenvalue weighted by atomic mass is 35.5. The first kappa shape index (κ1) is 19.8. The van der Waals surface area contributed by atoms with Gasteiger partial charge in [-0.05, 0) is 43.0 Å². The van der Waals surface area contributed by atoms with Crippen LogP contribution in [0.2, 0.25) is 5.02 Å². The first-order valence-electron chi connectivity index (χ1n) is 9.94. The SMILES string of the molecule is OC1(c2ccc(Cl)cc2)CCN(CC/C=C(\c2cccnc2)c2cnc[nH]2)CC1. The number of benzene rings is 1. The Morgan fingerprint density at radius 2 is 1.93 bits per heavy atom. The van der Waals surface area contributed by atoms with E-state index in [2.05, 4.69) is 32.0 Å². The lowest BCUT2D eigenvalue weighted by molar-refractivity contribution is -0.0254. The van der Waals surface area contributed by atoms with Gasteiger partial charge in [-0.25, -0.2) is 4.98 Å². The second-order valence-corrected chi connectivity index (χ2v) is 7.93. The van der Waals surface area contributed by atoms with Gasteiger partial charge in [-0.15, -0.1) is 0 Å². The van der Waals surface area contributed by atoms with Crippen LogP contribution in [0.1, 0.15) is 36.1 Å². The van der Waals surface area contributed by atoms with E-state index < -0.39 is 5.60 Å². The van der Waals surface area contributed by atoms with E-state index in [1.165, 1.54) is 0 Å². The fraction of sp³-hybridized carbons (Fsp3) is 0.304. The molecule has 3 aromatic rings. The van der Waals surface area contributed by atoms with E-state index in [1.54, 1.807) is 12.5 Å². The molecule has 5 nitrogen and oxygen atoms in total. The number of aromatic amines is 1. The molecule has 29 heavy (non-hydrogen) atoms. The van der Waals surface area contributed by atoms with Crippen molar-refractivity contribution in [3.05, 3.63) is 89.2 Å². The van der Waals surface area contributed by atoms with Crippen LogP contribution < -0.4 is 0 Å². The minimum absolute atomic E-state index is 0.697. The molecule has 1 fully saturated rings. The number of imidazole rings is 1. The number of rotatable bonds is 6. The molecule has 2 N–H and O–H groups in total. The Balaban J connectivity index is 1.37. The summed E-state index contributed by atoms with van der Waals surface area (Å²) in [6.45, 7) is 2.70. The van der Waals surface area contributed by atoms with Gasteiger partial charge in [0.05, 0.1) is 23.8 Å². The largest absolute Gasteiger partial charge is 0.385 e. The number of aliphatic hydroxyl groups is 1. The molecule has 0 saturated carbocycles. The predicted octanol–water partition coefficient (Wildman–Crippen LogP) is 4.26. The molecule has 1 saturated heterocycles. The molecule has 150 valence electrons. The topological polar surface area (TPSA) is 65.0 Å². The van der Waals surface area contributed by atoms with Crippen molar-refractivity contribution in [1.82, 2.24) is 19.9 Å². The van der Waals surface area contributed by atoms with E-state index in [0.717, 1.165) is 61.3 Å². The summed E-state index contributed by atoms with van der Waals surface area (Å²) in [7, 11) is 0. The Morgan fingerprint density at radius 3 is 2.59 bits per heavy atom. The third kappa shape index (κ3) is 4.75. The molecule has 0 radical (unpaired) electrons. The van der Waals surface area contributed by atoms with Crippen molar-refractivity contribution in [2.24, 2.45) is 0 Å². The van der Waals surface area contributed by atoms with Gasteiger partial charge in [0.15, 0.2) is 0 Å². The molecule has 1 aliphatic rings. The summed E-state index contributed by atoms with van der Waals surface area (Å²) in [6, 6.07) is 11.6. The van der Waals surface area contributed by atoms with Gasteiger partial charge >= 0.3 is 0 Å². The molecule has 0 atom stereocenters. The quantitative estimate of drug-likeness (QED) is 0.639. The highest BCUT2D eigenvalue weighted by Crippen LogP contribution is 2.33. The maximum atomic E-state index is 11.0. The minimum atomic E-state index is -0.756. The van der Waals surface area contributed by atoms with Crippen LogP contribution in [0, 0.1) is 0 Å². The van der Waals surface area contributed by atoms with Gasteiger partial charge in [0.25, 0.3) is 0 Å². The van der Waals surface area contributed by atoms with Crippen LogP contribution in [0.4, 0.5) is 0 Å². The average Bonchev–Trinajstić information content (AvgIpc) is 3.28. The summed E-state index contributed by atoms with van der Waals surface area (Å²) < 4.78 is 0. The number of likely N-dealkylation sites (tertiary alicyclic amines) is 1. The molecule has 4 rings (SSSR count). The second-order valence-electron chi connectivity index (χ2n) is 7.49. The molecule has 0 amide bonds. The van der Waals surface area contributed by atoms with Crippen LogP contribution in [0.5, 0.6) is 0 Å². The van der Waals surface area contributed by atoms with E-state index in [1.807, 2.05) is 42.7 Å². The van der Waals surface area contributed by atoms with E-state index in [0.29, 0.717) is 5.02 Å². The zero-order valence-electron chi connectivity index (χ0n) is 16.3. The molecule has 0 unspecified atom stereocenters. The molecule has 1 aromatic carbocycles. The van der Waals surface area contributed by atoms with Crippen LogP contribution in [-0.2, 0) is 5.60 Å². The fourth-order valence-electron chi connectivity index (χ4n) is 3.90. The minimum Gasteiger partial charge on any atom is -0.385 e. The molecule has 0 spiro atoms. The number of aromatic nitrogens is 3. The molecule has 6 heteroatoms. The maximum Gasteiger partial charge on any atom is 0.0924 e. The number of nitrogens with zero attached hydrogens (tertiary/aromatic N) is 3. The predicted molar refractivity (Wildman–Crippen MR) is 116 cm³/mol. The van der Waals surface area contributed by atoms with Crippen LogP contribution in [0.25, 0.3) is 5.57 Å². The van der Waals surface area contributed by atoms with E-state index in [-0.39, 0.29) is 0 Å². The smallest absolute Gasteiger partial charge is 0.0924 e. The van der Waals surface area contributed by atoms with Gasteiger partial charge in [0, 0.05) is 48.2 Å². The average molecular weight is 409 g/mol. The van der Waals surface area contributed by atoms with Gasteiger partial charge in [-0.3, -0.25) is 4.98 Å². The van der Waals surface area contributed by atoms with Crippen molar-refractivity contribution < 1.29 is 5.11 Å². The number of pyridine rings is 1. The first-order chi connectivity index (χ1) is 14.1. The summed E-state index contributed by atoms with van der Waals surface area (Å²) in [5.74, 6) is 0. The van der Waals surface area contributed by atoms with Crippen molar-refractivity contribution in [2.45, 2.75) is 24.9 Å². The Hall–Kier alpha value is -2.47. The number of hydrogen-bond acceptors (Lipinski definition) is 4. The van der Waals surface area contributed by atoms with Crippen LogP contribution in [0.3, 0.4) is 0 Å². The lowest BCUT2D eigenvalue weighted by Crippen LogP contribution is -2.42. The standard InChI is InChI=1S/C23H25ClN4O/c24-20-7-5-19(6-8-20)23(29)9-13-28(14-10-23)12-2-4-21(22-16-26-17-27-22)18-3-1-11-25-15-18/h1,3-8,11,15-17,29H,2,9-10,12-14H2,(H,26,27)/b21-4+. The van der Waals surface area contributed by atoms with E-state index in [9.17, 15) is 5.11 Å². The van der Waals surface area contributed by atoms with Crippen molar-refractivity contribution in [2.75, 3.05) is 19.6 Å². The second kappa shape index (κ2) is 8.91. The lowest BCUT2D eigenvalue weighted by atomic mass is 9.84. The van der Waals surface area contributed by atoms with Gasteiger partial charge in [0.1, 0.15) is 0 Å². The third-order valence-electron chi connectivity index (χ3n) is 5.62. The molecule has 2 aromatic heterocycles. The molecular formula is C23H25ClN4O. The summed E-state index contributed by atoms with van der Waals surface area (Å²) in [4.78, 5) is 14.0. The Kier molecular flexibility index (Phi) is 6.09. The molecule has 3 heterocycles. The van der Waals surface area contributed by atoms with Gasteiger partial charge in [-0.2, -0.15) is 0 Å². The third-order valence-corrected chi connectivity index (χ3v) is 5.87. The zero-order valence-corrected chi connectivity index (χ0v) is 17.0. The normalized spacial score (nSPS) is 17.4. The Labute approximate surface area is 176 Å². The van der Waals surface area contributed by atoms with Crippen molar-refractivity contribution in [3.63, 3.8) is 0 Å².